The summed E-state index contributed by atoms with van der Waals surface area (Å²) < 4.78 is 4.23. The second kappa shape index (κ2) is 8.62. The molecule has 2 N–H and O–H groups in total. The van der Waals surface area contributed by atoms with Gasteiger partial charge in [-0.1, -0.05) is 49.4 Å². The first-order valence-electron chi connectivity index (χ1n) is 9.98. The quantitative estimate of drug-likeness (QED) is 0.447. The number of hydrogen-bond acceptors (Lipinski definition) is 4. The first-order valence-corrected chi connectivity index (χ1v) is 10.4. The lowest BCUT2D eigenvalue weighted by Crippen LogP contribution is -2.34. The molecule has 0 aliphatic carbocycles. The van der Waals surface area contributed by atoms with Crippen LogP contribution in [0.4, 0.5) is 0 Å². The fraction of sp³-hybridized carbons (Fsp3) is 0.273. The number of amides is 1. The van der Waals surface area contributed by atoms with E-state index in [0.717, 1.165) is 41.1 Å². The van der Waals surface area contributed by atoms with E-state index in [9.17, 15) is 4.79 Å². The standard InChI is InChI=1S/C22H24N6OS/c1-3-9-18-25-26-22(30)28(18)14-19(29)24-20(15-10-5-4-6-11-15)21-23-16-12-7-8-13-17(16)27(21)2/h4-8,10-13,20H,3,9,14H2,1-2H3,(H,24,29)(H,26,30). The summed E-state index contributed by atoms with van der Waals surface area (Å²) in [5.41, 5.74) is 2.88. The summed E-state index contributed by atoms with van der Waals surface area (Å²) in [6.07, 6.45) is 1.68. The number of aromatic nitrogens is 5. The smallest absolute Gasteiger partial charge is 0.240 e. The summed E-state index contributed by atoms with van der Waals surface area (Å²) in [5, 5.41) is 10.2. The molecule has 8 heteroatoms. The average molecular weight is 421 g/mol. The molecule has 154 valence electrons. The number of imidazole rings is 1. The maximum Gasteiger partial charge on any atom is 0.240 e. The molecule has 1 unspecified atom stereocenters. The first kappa shape index (κ1) is 20.0. The highest BCUT2D eigenvalue weighted by molar-refractivity contribution is 7.71. The summed E-state index contributed by atoms with van der Waals surface area (Å²) in [5.74, 6) is 1.42. The van der Waals surface area contributed by atoms with Crippen LogP contribution in [0.1, 0.15) is 36.6 Å². The maximum absolute atomic E-state index is 13.0. The van der Waals surface area contributed by atoms with Crippen LogP contribution in [-0.4, -0.2) is 30.2 Å². The highest BCUT2D eigenvalue weighted by Gasteiger charge is 2.23. The Morgan fingerprint density at radius 1 is 1.17 bits per heavy atom. The number of aryl methyl sites for hydroxylation is 2. The zero-order chi connectivity index (χ0) is 21.1. The van der Waals surface area contributed by atoms with E-state index in [2.05, 4.69) is 22.4 Å². The van der Waals surface area contributed by atoms with Gasteiger partial charge < -0.3 is 9.88 Å². The number of carbonyl (C=O) groups is 1. The van der Waals surface area contributed by atoms with Crippen molar-refractivity contribution in [2.45, 2.75) is 32.4 Å². The number of rotatable bonds is 7. The summed E-state index contributed by atoms with van der Waals surface area (Å²) in [6.45, 7) is 2.18. The third kappa shape index (κ3) is 3.91. The van der Waals surface area contributed by atoms with Gasteiger partial charge in [-0.15, -0.1) is 0 Å². The van der Waals surface area contributed by atoms with Gasteiger partial charge in [-0.2, -0.15) is 5.10 Å². The van der Waals surface area contributed by atoms with Gasteiger partial charge >= 0.3 is 0 Å². The molecule has 0 saturated heterocycles. The van der Waals surface area contributed by atoms with Crippen molar-refractivity contribution >= 4 is 29.2 Å². The van der Waals surface area contributed by atoms with E-state index in [1.54, 1.807) is 4.57 Å². The Bertz CT molecular complexity index is 1220. The van der Waals surface area contributed by atoms with Crippen molar-refractivity contribution in [3.05, 3.63) is 76.6 Å². The van der Waals surface area contributed by atoms with Crippen molar-refractivity contribution in [3.8, 4) is 0 Å². The zero-order valence-electron chi connectivity index (χ0n) is 17.0. The predicted octanol–water partition coefficient (Wildman–Crippen LogP) is 3.69. The van der Waals surface area contributed by atoms with Crippen LogP contribution in [0.5, 0.6) is 0 Å². The Balaban J connectivity index is 1.68. The average Bonchev–Trinajstić information content (AvgIpc) is 3.28. The fourth-order valence-corrected chi connectivity index (χ4v) is 3.86. The van der Waals surface area contributed by atoms with Gasteiger partial charge in [-0.3, -0.25) is 14.5 Å². The molecule has 30 heavy (non-hydrogen) atoms. The third-order valence-electron chi connectivity index (χ3n) is 5.13. The third-order valence-corrected chi connectivity index (χ3v) is 5.44. The number of benzene rings is 2. The Hall–Kier alpha value is -3.26. The van der Waals surface area contributed by atoms with Gasteiger partial charge in [0.15, 0.2) is 4.77 Å². The Labute approximate surface area is 179 Å². The van der Waals surface area contributed by atoms with Crippen LogP contribution in [0.2, 0.25) is 0 Å². The molecule has 2 aromatic heterocycles. The molecule has 1 amide bonds. The van der Waals surface area contributed by atoms with Gasteiger partial charge in [0.05, 0.1) is 11.0 Å². The number of fused-ring (bicyclic) bond motifs is 1. The SMILES string of the molecule is CCCc1n[nH]c(=S)n1CC(=O)NC(c1ccccc1)c1nc2ccccc2n1C. The topological polar surface area (TPSA) is 80.5 Å². The molecule has 0 saturated carbocycles. The van der Waals surface area contributed by atoms with Gasteiger partial charge in [0.2, 0.25) is 5.91 Å². The van der Waals surface area contributed by atoms with Crippen LogP contribution in [-0.2, 0) is 24.8 Å². The molecule has 0 spiro atoms. The van der Waals surface area contributed by atoms with E-state index >= 15 is 0 Å². The largest absolute Gasteiger partial charge is 0.341 e. The maximum atomic E-state index is 13.0. The Morgan fingerprint density at radius 3 is 2.63 bits per heavy atom. The van der Waals surface area contributed by atoms with Gasteiger partial charge in [-0.25, -0.2) is 4.98 Å². The number of nitrogens with zero attached hydrogens (tertiary/aromatic N) is 4. The molecule has 7 nitrogen and oxygen atoms in total. The van der Waals surface area contributed by atoms with E-state index in [-0.39, 0.29) is 18.5 Å². The lowest BCUT2D eigenvalue weighted by Gasteiger charge is -2.19. The summed E-state index contributed by atoms with van der Waals surface area (Å²) >= 11 is 5.32. The van der Waals surface area contributed by atoms with Crippen molar-refractivity contribution < 1.29 is 4.79 Å². The molecule has 0 aliphatic heterocycles. The number of H-pyrrole nitrogens is 1. The van der Waals surface area contributed by atoms with E-state index in [1.165, 1.54) is 0 Å². The number of para-hydroxylation sites is 2. The number of hydrogen-bond donors (Lipinski definition) is 2. The molecule has 2 heterocycles. The monoisotopic (exact) mass is 420 g/mol. The van der Waals surface area contributed by atoms with Crippen LogP contribution in [0, 0.1) is 4.77 Å². The summed E-state index contributed by atoms with van der Waals surface area (Å²) in [7, 11) is 1.97. The number of nitrogens with one attached hydrogen (secondary N) is 2. The lowest BCUT2D eigenvalue weighted by molar-refractivity contribution is -0.122. The van der Waals surface area contributed by atoms with Crippen LogP contribution in [0.25, 0.3) is 11.0 Å². The molecule has 2 aromatic carbocycles. The lowest BCUT2D eigenvalue weighted by atomic mass is 10.1. The predicted molar refractivity (Wildman–Crippen MR) is 119 cm³/mol. The normalized spacial score (nSPS) is 12.2. The molecule has 0 radical (unpaired) electrons. The van der Waals surface area contributed by atoms with Crippen molar-refractivity contribution in [2.75, 3.05) is 0 Å². The molecule has 0 fully saturated rings. The number of carbonyl (C=O) groups excluding carboxylic acids is 1. The van der Waals surface area contributed by atoms with E-state index < -0.39 is 0 Å². The van der Waals surface area contributed by atoms with Crippen molar-refractivity contribution in [2.24, 2.45) is 7.05 Å². The van der Waals surface area contributed by atoms with Crippen LogP contribution < -0.4 is 5.32 Å². The Morgan fingerprint density at radius 2 is 1.90 bits per heavy atom. The van der Waals surface area contributed by atoms with E-state index in [0.29, 0.717) is 4.77 Å². The highest BCUT2D eigenvalue weighted by atomic mass is 32.1. The van der Waals surface area contributed by atoms with Crippen LogP contribution >= 0.6 is 12.2 Å². The molecule has 0 bridgehead atoms. The van der Waals surface area contributed by atoms with E-state index in [1.807, 2.05) is 66.2 Å². The van der Waals surface area contributed by atoms with E-state index in [4.69, 9.17) is 17.2 Å². The Kier molecular flexibility index (Phi) is 5.76. The fourth-order valence-electron chi connectivity index (χ4n) is 3.64. The number of aromatic amines is 1. The molecule has 1 atom stereocenters. The van der Waals surface area contributed by atoms with Crippen molar-refractivity contribution in [1.82, 2.24) is 29.6 Å². The van der Waals surface area contributed by atoms with Gasteiger partial charge in [-0.05, 0) is 36.3 Å². The molecular weight excluding hydrogens is 396 g/mol. The molecular formula is C22H24N6OS. The summed E-state index contributed by atoms with van der Waals surface area (Å²) in [4.78, 5) is 17.9. The minimum absolute atomic E-state index is 0.109. The molecule has 4 rings (SSSR count). The molecule has 4 aromatic rings. The van der Waals surface area contributed by atoms with Crippen molar-refractivity contribution in [3.63, 3.8) is 0 Å². The molecule has 0 aliphatic rings. The zero-order valence-corrected chi connectivity index (χ0v) is 17.8. The second-order valence-corrected chi connectivity index (χ2v) is 7.60. The summed E-state index contributed by atoms with van der Waals surface area (Å²) in [6, 6.07) is 17.4. The van der Waals surface area contributed by atoms with Crippen molar-refractivity contribution in [1.29, 1.82) is 0 Å². The van der Waals surface area contributed by atoms with Gasteiger partial charge in [0.25, 0.3) is 0 Å². The minimum atomic E-state index is -0.383. The van der Waals surface area contributed by atoms with Gasteiger partial charge in [0.1, 0.15) is 24.2 Å². The van der Waals surface area contributed by atoms with Crippen LogP contribution in [0.3, 0.4) is 0 Å². The second-order valence-electron chi connectivity index (χ2n) is 7.21. The minimum Gasteiger partial charge on any atom is -0.341 e. The van der Waals surface area contributed by atoms with Crippen LogP contribution in [0.15, 0.2) is 54.6 Å². The highest BCUT2D eigenvalue weighted by Crippen LogP contribution is 2.25. The first-order chi connectivity index (χ1) is 14.6. The van der Waals surface area contributed by atoms with Gasteiger partial charge in [0, 0.05) is 13.5 Å².